The molecule has 2 rings (SSSR count). The Morgan fingerprint density at radius 2 is 1.75 bits per heavy atom. The fourth-order valence-electron chi connectivity index (χ4n) is 2.85. The van der Waals surface area contributed by atoms with Crippen LogP contribution < -0.4 is 19.7 Å². The van der Waals surface area contributed by atoms with Gasteiger partial charge in [-0.1, -0.05) is 0 Å². The molecule has 1 aromatic rings. The van der Waals surface area contributed by atoms with Crippen molar-refractivity contribution >= 4 is 5.69 Å². The first-order valence-electron chi connectivity index (χ1n) is 7.28. The van der Waals surface area contributed by atoms with Crippen molar-refractivity contribution in [1.29, 1.82) is 0 Å². The van der Waals surface area contributed by atoms with E-state index >= 15 is 0 Å². The number of piperidine rings is 1. The minimum Gasteiger partial charge on any atom is -0.496 e. The molecule has 0 aliphatic carbocycles. The predicted molar refractivity (Wildman–Crippen MR) is 83.2 cm³/mol. The summed E-state index contributed by atoms with van der Waals surface area (Å²) in [6.45, 7) is 2.25. The highest BCUT2D eigenvalue weighted by Gasteiger charge is 2.18. The van der Waals surface area contributed by atoms with Crippen LogP contribution in [0.25, 0.3) is 0 Å². The molecular weight excluding hydrogens is 252 g/mol. The molecule has 1 heterocycles. The molecule has 0 radical (unpaired) electrons. The lowest BCUT2D eigenvalue weighted by molar-refractivity contribution is 0.359. The van der Waals surface area contributed by atoms with Gasteiger partial charge in [-0.3, -0.25) is 0 Å². The van der Waals surface area contributed by atoms with Gasteiger partial charge in [-0.25, -0.2) is 0 Å². The summed E-state index contributed by atoms with van der Waals surface area (Å²) in [5.41, 5.74) is 2.31. The van der Waals surface area contributed by atoms with Crippen LogP contribution in [0.2, 0.25) is 0 Å². The Hall–Kier alpha value is -1.42. The molecule has 1 N–H and O–H groups in total. The van der Waals surface area contributed by atoms with Crippen molar-refractivity contribution in [3.8, 4) is 11.5 Å². The van der Waals surface area contributed by atoms with Crippen molar-refractivity contribution in [3.05, 3.63) is 17.7 Å². The maximum Gasteiger partial charge on any atom is 0.142 e. The number of methoxy groups -OCH3 is 2. The highest BCUT2D eigenvalue weighted by Crippen LogP contribution is 2.36. The number of hydrogen-bond donors (Lipinski definition) is 1. The lowest BCUT2D eigenvalue weighted by Gasteiger charge is -2.25. The number of anilines is 1. The summed E-state index contributed by atoms with van der Waals surface area (Å²) in [6, 6.07) is 4.21. The van der Waals surface area contributed by atoms with Gasteiger partial charge in [0.1, 0.15) is 11.5 Å². The Kier molecular flexibility index (Phi) is 5.12. The van der Waals surface area contributed by atoms with Crippen molar-refractivity contribution in [3.63, 3.8) is 0 Å². The van der Waals surface area contributed by atoms with E-state index in [4.69, 9.17) is 9.47 Å². The molecule has 1 aliphatic rings. The first-order chi connectivity index (χ1) is 9.65. The van der Waals surface area contributed by atoms with Gasteiger partial charge < -0.3 is 19.7 Å². The van der Waals surface area contributed by atoms with Crippen LogP contribution in [0.5, 0.6) is 11.5 Å². The number of hydrogen-bond acceptors (Lipinski definition) is 4. The first-order valence-corrected chi connectivity index (χ1v) is 7.28. The van der Waals surface area contributed by atoms with E-state index < -0.39 is 0 Å². The zero-order valence-electron chi connectivity index (χ0n) is 13.0. The fourth-order valence-corrected chi connectivity index (χ4v) is 2.85. The summed E-state index contributed by atoms with van der Waals surface area (Å²) in [5.74, 6) is 2.62. The number of ether oxygens (including phenoxy) is 2. The van der Waals surface area contributed by atoms with Crippen LogP contribution in [-0.4, -0.2) is 41.4 Å². The third-order valence-corrected chi connectivity index (χ3v) is 4.03. The van der Waals surface area contributed by atoms with Crippen molar-refractivity contribution in [2.45, 2.75) is 19.3 Å². The summed E-state index contributed by atoms with van der Waals surface area (Å²) in [4.78, 5) is 2.05. The quantitative estimate of drug-likeness (QED) is 0.896. The Labute approximate surface area is 122 Å². The average Bonchev–Trinajstić information content (AvgIpc) is 2.47. The summed E-state index contributed by atoms with van der Waals surface area (Å²) in [5, 5.41) is 3.41. The number of benzene rings is 1. The van der Waals surface area contributed by atoms with Gasteiger partial charge >= 0.3 is 0 Å². The molecule has 4 heteroatoms. The van der Waals surface area contributed by atoms with Crippen molar-refractivity contribution < 1.29 is 9.47 Å². The second-order valence-electron chi connectivity index (χ2n) is 5.63. The van der Waals surface area contributed by atoms with Crippen LogP contribution in [0.15, 0.2) is 12.1 Å². The molecule has 0 unspecified atom stereocenters. The minimum atomic E-state index is 0.736. The number of nitrogens with zero attached hydrogens (tertiary/aromatic N) is 1. The van der Waals surface area contributed by atoms with E-state index in [9.17, 15) is 0 Å². The highest BCUT2D eigenvalue weighted by molar-refractivity contribution is 5.63. The van der Waals surface area contributed by atoms with Crippen molar-refractivity contribution in [1.82, 2.24) is 5.32 Å². The predicted octanol–water partition coefficient (Wildman–Crippen LogP) is 2.31. The van der Waals surface area contributed by atoms with Crippen LogP contribution in [0.3, 0.4) is 0 Å². The van der Waals surface area contributed by atoms with Gasteiger partial charge in [0.25, 0.3) is 0 Å². The normalized spacial score (nSPS) is 16.0. The smallest absolute Gasteiger partial charge is 0.142 e. The first kappa shape index (κ1) is 15.0. The summed E-state index contributed by atoms with van der Waals surface area (Å²) >= 11 is 0. The second-order valence-corrected chi connectivity index (χ2v) is 5.63. The Bertz CT molecular complexity index is 440. The molecule has 1 aliphatic heterocycles. The molecule has 20 heavy (non-hydrogen) atoms. The van der Waals surface area contributed by atoms with Gasteiger partial charge in [0, 0.05) is 20.2 Å². The van der Waals surface area contributed by atoms with E-state index in [-0.39, 0.29) is 0 Å². The Morgan fingerprint density at radius 3 is 2.30 bits per heavy atom. The highest BCUT2D eigenvalue weighted by atomic mass is 16.5. The van der Waals surface area contributed by atoms with E-state index in [1.165, 1.54) is 18.4 Å². The fraction of sp³-hybridized carbons (Fsp3) is 0.625. The molecule has 112 valence electrons. The molecular formula is C16H26N2O2. The Morgan fingerprint density at radius 1 is 1.10 bits per heavy atom. The average molecular weight is 278 g/mol. The van der Waals surface area contributed by atoms with Crippen LogP contribution in [-0.2, 0) is 6.42 Å². The van der Waals surface area contributed by atoms with Gasteiger partial charge in [-0.15, -0.1) is 0 Å². The number of rotatable bonds is 5. The monoisotopic (exact) mass is 278 g/mol. The minimum absolute atomic E-state index is 0.736. The molecule has 0 spiro atoms. The molecule has 0 atom stereocenters. The van der Waals surface area contributed by atoms with E-state index in [0.29, 0.717) is 0 Å². The molecule has 1 fully saturated rings. The molecule has 4 nitrogen and oxygen atoms in total. The topological polar surface area (TPSA) is 33.7 Å². The lowest BCUT2D eigenvalue weighted by atomic mass is 9.90. The standard InChI is InChI=1S/C16H26N2O2/c1-18(2)14-11-15(19-3)13(10-16(14)20-4)9-12-5-7-17-8-6-12/h10-12,17H,5-9H2,1-4H3. The van der Waals surface area contributed by atoms with Gasteiger partial charge in [0.2, 0.25) is 0 Å². The Balaban J connectivity index is 2.26. The summed E-state index contributed by atoms with van der Waals surface area (Å²) < 4.78 is 11.1. The molecule has 0 saturated carbocycles. The van der Waals surface area contributed by atoms with Gasteiger partial charge in [-0.05, 0) is 49.9 Å². The zero-order valence-corrected chi connectivity index (χ0v) is 13.0. The molecule has 0 aromatic heterocycles. The molecule has 0 amide bonds. The van der Waals surface area contributed by atoms with E-state index in [1.807, 2.05) is 14.1 Å². The van der Waals surface area contributed by atoms with Gasteiger partial charge in [0.05, 0.1) is 19.9 Å². The summed E-state index contributed by atoms with van der Waals surface area (Å²) in [7, 11) is 7.50. The van der Waals surface area contributed by atoms with Crippen molar-refractivity contribution in [2.24, 2.45) is 5.92 Å². The third-order valence-electron chi connectivity index (χ3n) is 4.03. The largest absolute Gasteiger partial charge is 0.496 e. The number of nitrogens with one attached hydrogen (secondary N) is 1. The van der Waals surface area contributed by atoms with Crippen LogP contribution >= 0.6 is 0 Å². The second kappa shape index (κ2) is 6.84. The maximum atomic E-state index is 5.58. The zero-order chi connectivity index (χ0) is 14.5. The summed E-state index contributed by atoms with van der Waals surface area (Å²) in [6.07, 6.45) is 3.54. The lowest BCUT2D eigenvalue weighted by Crippen LogP contribution is -2.28. The molecule has 1 aromatic carbocycles. The van der Waals surface area contributed by atoms with Gasteiger partial charge in [-0.2, -0.15) is 0 Å². The van der Waals surface area contributed by atoms with E-state index in [0.717, 1.165) is 42.6 Å². The SMILES string of the molecule is COc1cc(N(C)C)c(OC)cc1CC1CCNCC1. The molecule has 0 bridgehead atoms. The van der Waals surface area contributed by atoms with Crippen LogP contribution in [0, 0.1) is 5.92 Å². The van der Waals surface area contributed by atoms with Crippen LogP contribution in [0.4, 0.5) is 5.69 Å². The van der Waals surface area contributed by atoms with Crippen LogP contribution in [0.1, 0.15) is 18.4 Å². The molecule has 1 saturated heterocycles. The third kappa shape index (κ3) is 3.37. The van der Waals surface area contributed by atoms with Crippen molar-refractivity contribution in [2.75, 3.05) is 46.3 Å². The van der Waals surface area contributed by atoms with E-state index in [2.05, 4.69) is 22.3 Å². The maximum absolute atomic E-state index is 5.58. The van der Waals surface area contributed by atoms with E-state index in [1.54, 1.807) is 14.2 Å². The van der Waals surface area contributed by atoms with Gasteiger partial charge in [0.15, 0.2) is 0 Å².